The van der Waals surface area contributed by atoms with Crippen LogP contribution in [0.2, 0.25) is 0 Å². The third-order valence-corrected chi connectivity index (χ3v) is 7.56. The molecule has 2 fully saturated rings. The smallest absolute Gasteiger partial charge is 0.241 e. The van der Waals surface area contributed by atoms with Crippen molar-refractivity contribution in [2.45, 2.75) is 19.5 Å². The number of fused-ring (bicyclic) bond motifs is 1. The van der Waals surface area contributed by atoms with Crippen LogP contribution >= 0.6 is 11.3 Å². The zero-order valence-corrected chi connectivity index (χ0v) is 19.9. The van der Waals surface area contributed by atoms with Gasteiger partial charge in [0, 0.05) is 50.6 Å². The second-order valence-corrected chi connectivity index (χ2v) is 9.81. The quantitative estimate of drug-likeness (QED) is 0.603. The van der Waals surface area contributed by atoms with Crippen molar-refractivity contribution < 1.29 is 9.53 Å². The molecule has 7 nitrogen and oxygen atoms in total. The molecule has 0 saturated carbocycles. The molecule has 0 bridgehead atoms. The first kappa shape index (κ1) is 22.3. The Morgan fingerprint density at radius 3 is 2.48 bits per heavy atom. The van der Waals surface area contributed by atoms with Crippen LogP contribution in [0.4, 0.5) is 11.4 Å². The number of nitrogens with one attached hydrogen (secondary N) is 1. The fourth-order valence-corrected chi connectivity index (χ4v) is 5.49. The van der Waals surface area contributed by atoms with Crippen LogP contribution in [0.1, 0.15) is 11.9 Å². The first-order chi connectivity index (χ1) is 16.2. The van der Waals surface area contributed by atoms with Crippen LogP contribution in [0.3, 0.4) is 0 Å². The lowest BCUT2D eigenvalue weighted by Crippen LogP contribution is -2.52. The average molecular weight is 466 g/mol. The summed E-state index contributed by atoms with van der Waals surface area (Å²) in [6.07, 6.45) is 0. The van der Waals surface area contributed by atoms with Gasteiger partial charge in [0.05, 0.1) is 36.0 Å². The van der Waals surface area contributed by atoms with Crippen molar-refractivity contribution in [3.63, 3.8) is 0 Å². The molecule has 3 heterocycles. The number of rotatable bonds is 6. The number of ether oxygens (including phenoxy) is 1. The number of para-hydroxylation sites is 1. The maximum absolute atomic E-state index is 12.9. The number of carbonyl (C=O) groups is 1. The summed E-state index contributed by atoms with van der Waals surface area (Å²) in [5.41, 5.74) is 3.10. The van der Waals surface area contributed by atoms with E-state index in [2.05, 4.69) is 50.3 Å². The number of hydrogen-bond donors (Lipinski definition) is 1. The largest absolute Gasteiger partial charge is 0.378 e. The maximum atomic E-state index is 12.9. The lowest BCUT2D eigenvalue weighted by atomic mass is 10.2. The Labute approximate surface area is 199 Å². The lowest BCUT2D eigenvalue weighted by molar-refractivity contribution is -0.121. The van der Waals surface area contributed by atoms with E-state index in [0.717, 1.165) is 75.2 Å². The minimum absolute atomic E-state index is 0.0498. The van der Waals surface area contributed by atoms with E-state index in [1.165, 1.54) is 10.4 Å². The van der Waals surface area contributed by atoms with Crippen molar-refractivity contribution in [2.24, 2.45) is 0 Å². The molecule has 0 aliphatic carbocycles. The number of hydrogen-bond acceptors (Lipinski definition) is 7. The van der Waals surface area contributed by atoms with Crippen LogP contribution in [0.5, 0.6) is 0 Å². The Kier molecular flexibility index (Phi) is 6.87. The van der Waals surface area contributed by atoms with Gasteiger partial charge >= 0.3 is 0 Å². The summed E-state index contributed by atoms with van der Waals surface area (Å²) < 4.78 is 6.67. The van der Waals surface area contributed by atoms with E-state index in [4.69, 9.17) is 9.72 Å². The van der Waals surface area contributed by atoms with E-state index in [9.17, 15) is 4.79 Å². The Balaban J connectivity index is 1.10. The highest BCUT2D eigenvalue weighted by atomic mass is 32.1. The van der Waals surface area contributed by atoms with Crippen molar-refractivity contribution in [3.05, 3.63) is 53.5 Å². The third kappa shape index (κ3) is 5.35. The van der Waals surface area contributed by atoms with E-state index in [0.29, 0.717) is 0 Å². The van der Waals surface area contributed by atoms with Crippen LogP contribution in [0.25, 0.3) is 10.2 Å². The number of thiazole rings is 1. The maximum Gasteiger partial charge on any atom is 0.241 e. The number of anilines is 2. The summed E-state index contributed by atoms with van der Waals surface area (Å²) in [4.78, 5) is 24.6. The van der Waals surface area contributed by atoms with Gasteiger partial charge in [0.1, 0.15) is 5.01 Å². The number of benzene rings is 2. The van der Waals surface area contributed by atoms with Crippen molar-refractivity contribution in [2.75, 3.05) is 62.7 Å². The van der Waals surface area contributed by atoms with Crippen LogP contribution < -0.4 is 10.2 Å². The summed E-state index contributed by atoms with van der Waals surface area (Å²) in [5, 5.41) is 4.25. The molecule has 1 N–H and O–H groups in total. The molecule has 2 aliphatic heterocycles. The van der Waals surface area contributed by atoms with Crippen LogP contribution in [0, 0.1) is 0 Å². The Bertz CT molecular complexity index is 1040. The van der Waals surface area contributed by atoms with Crippen molar-refractivity contribution in [1.82, 2.24) is 14.8 Å². The number of piperazine rings is 1. The molecule has 1 unspecified atom stereocenters. The summed E-state index contributed by atoms with van der Waals surface area (Å²) in [6, 6.07) is 16.3. The zero-order chi connectivity index (χ0) is 22.6. The first-order valence-corrected chi connectivity index (χ1v) is 12.5. The highest BCUT2D eigenvalue weighted by molar-refractivity contribution is 7.18. The van der Waals surface area contributed by atoms with Crippen LogP contribution in [0.15, 0.2) is 48.5 Å². The molecule has 174 valence electrons. The van der Waals surface area contributed by atoms with Crippen molar-refractivity contribution >= 4 is 38.8 Å². The molecule has 0 radical (unpaired) electrons. The van der Waals surface area contributed by atoms with Gasteiger partial charge in [0.25, 0.3) is 0 Å². The van der Waals surface area contributed by atoms with Gasteiger partial charge in [0.2, 0.25) is 5.91 Å². The van der Waals surface area contributed by atoms with Gasteiger partial charge in [-0.05, 0) is 43.3 Å². The number of carbonyl (C=O) groups excluding carboxylic acids is 1. The van der Waals surface area contributed by atoms with Gasteiger partial charge in [-0.1, -0.05) is 12.1 Å². The highest BCUT2D eigenvalue weighted by Gasteiger charge is 2.26. The Morgan fingerprint density at radius 1 is 1.03 bits per heavy atom. The van der Waals surface area contributed by atoms with Crippen LogP contribution in [-0.4, -0.2) is 79.2 Å². The van der Waals surface area contributed by atoms with Gasteiger partial charge in [-0.15, -0.1) is 11.3 Å². The van der Waals surface area contributed by atoms with Gasteiger partial charge in [-0.2, -0.15) is 0 Å². The molecule has 33 heavy (non-hydrogen) atoms. The third-order valence-electron chi connectivity index (χ3n) is 6.54. The molecule has 2 aliphatic rings. The predicted octanol–water partition coefficient (Wildman–Crippen LogP) is 3.28. The topological polar surface area (TPSA) is 60.9 Å². The van der Waals surface area contributed by atoms with Crippen molar-refractivity contribution in [1.29, 1.82) is 0 Å². The minimum atomic E-state index is -0.159. The first-order valence-electron chi connectivity index (χ1n) is 11.7. The van der Waals surface area contributed by atoms with Gasteiger partial charge < -0.3 is 15.0 Å². The van der Waals surface area contributed by atoms with E-state index < -0.39 is 0 Å². The van der Waals surface area contributed by atoms with Gasteiger partial charge in [-0.25, -0.2) is 4.98 Å². The molecule has 8 heteroatoms. The van der Waals surface area contributed by atoms with Crippen LogP contribution in [-0.2, 0) is 16.1 Å². The van der Waals surface area contributed by atoms with E-state index in [1.54, 1.807) is 11.3 Å². The summed E-state index contributed by atoms with van der Waals surface area (Å²) in [5.74, 6) is 0.0498. The second kappa shape index (κ2) is 10.2. The fraction of sp³-hybridized carbons (Fsp3) is 0.440. The van der Waals surface area contributed by atoms with Gasteiger partial charge in [0.15, 0.2) is 0 Å². The molecule has 2 saturated heterocycles. The Hall–Kier alpha value is -2.52. The molecule has 1 atom stereocenters. The molecular formula is C25H31N5O2S. The number of nitrogens with zero attached hydrogens (tertiary/aromatic N) is 4. The molecule has 2 aromatic carbocycles. The zero-order valence-electron chi connectivity index (χ0n) is 19.1. The normalized spacial score (nSPS) is 19.0. The molecule has 1 aromatic heterocycles. The molecule has 5 rings (SSSR count). The summed E-state index contributed by atoms with van der Waals surface area (Å²) in [6.45, 7) is 9.90. The number of morpholine rings is 1. The highest BCUT2D eigenvalue weighted by Crippen LogP contribution is 2.23. The monoisotopic (exact) mass is 465 g/mol. The number of aromatic nitrogens is 1. The SMILES string of the molecule is CC(C(=O)Nc1ccc(N2CCOCC2)cc1)N1CCN(Cc2nc3ccccc3s2)CC1. The molecule has 0 spiro atoms. The fourth-order valence-electron chi connectivity index (χ4n) is 4.48. The standard InChI is InChI=1S/C25H31N5O2S/c1-19(25(31)26-20-6-8-21(9-7-20)30-14-16-32-17-15-30)29-12-10-28(11-13-29)18-24-27-22-4-2-3-5-23(22)33-24/h2-9,19H,10-18H2,1H3,(H,26,31). The van der Waals surface area contributed by atoms with E-state index in [1.807, 2.05) is 25.1 Å². The van der Waals surface area contributed by atoms with E-state index >= 15 is 0 Å². The second-order valence-electron chi connectivity index (χ2n) is 8.70. The minimum Gasteiger partial charge on any atom is -0.378 e. The van der Waals surface area contributed by atoms with E-state index in [-0.39, 0.29) is 11.9 Å². The van der Waals surface area contributed by atoms with Crippen molar-refractivity contribution in [3.8, 4) is 0 Å². The molecule has 1 amide bonds. The Morgan fingerprint density at radius 2 is 1.76 bits per heavy atom. The lowest BCUT2D eigenvalue weighted by Gasteiger charge is -2.37. The van der Waals surface area contributed by atoms with Gasteiger partial charge in [-0.3, -0.25) is 14.6 Å². The average Bonchev–Trinajstić information content (AvgIpc) is 3.27. The number of amides is 1. The summed E-state index contributed by atoms with van der Waals surface area (Å²) >= 11 is 1.77. The summed E-state index contributed by atoms with van der Waals surface area (Å²) in [7, 11) is 0. The molecule has 3 aromatic rings. The predicted molar refractivity (Wildman–Crippen MR) is 134 cm³/mol. The molecular weight excluding hydrogens is 434 g/mol.